The third kappa shape index (κ3) is 3.19. The van der Waals surface area contributed by atoms with Crippen LogP contribution in [0, 0.1) is 0 Å². The van der Waals surface area contributed by atoms with Crippen LogP contribution in [0.2, 0.25) is 0 Å². The molecule has 3 N–H and O–H groups in total. The van der Waals surface area contributed by atoms with Crippen LogP contribution in [0.3, 0.4) is 0 Å². The standard InChI is InChI=1S/C17H17N5O2/c1-22(2)17(23)24-14-8-12(9-19-14)15-13(10-20-16(18)21-15)11-6-4-3-5-7-11/h3-10,19H,1-2H3,(H2,18,20,21). The monoisotopic (exact) mass is 323 g/mol. The first-order valence-electron chi connectivity index (χ1n) is 7.30. The van der Waals surface area contributed by atoms with Gasteiger partial charge in [0.05, 0.1) is 5.69 Å². The first-order valence-corrected chi connectivity index (χ1v) is 7.30. The average molecular weight is 323 g/mol. The average Bonchev–Trinajstić information content (AvgIpc) is 3.04. The smallest absolute Gasteiger partial charge is 0.393 e. The minimum absolute atomic E-state index is 0.178. The fourth-order valence-corrected chi connectivity index (χ4v) is 2.20. The Hall–Kier alpha value is -3.35. The van der Waals surface area contributed by atoms with Gasteiger partial charge in [0, 0.05) is 43.7 Å². The quantitative estimate of drug-likeness (QED) is 0.772. The molecule has 3 rings (SSSR count). The van der Waals surface area contributed by atoms with Crippen LogP contribution in [0.25, 0.3) is 22.4 Å². The third-order valence-corrected chi connectivity index (χ3v) is 3.38. The zero-order valence-electron chi connectivity index (χ0n) is 13.4. The van der Waals surface area contributed by atoms with E-state index in [1.807, 2.05) is 30.3 Å². The highest BCUT2D eigenvalue weighted by Crippen LogP contribution is 2.32. The number of hydrogen-bond donors (Lipinski definition) is 2. The minimum atomic E-state index is -0.464. The highest BCUT2D eigenvalue weighted by atomic mass is 16.6. The van der Waals surface area contributed by atoms with Crippen molar-refractivity contribution in [3.8, 4) is 28.3 Å². The van der Waals surface area contributed by atoms with Gasteiger partial charge in [0.15, 0.2) is 0 Å². The molecule has 0 bridgehead atoms. The molecule has 2 aromatic heterocycles. The topological polar surface area (TPSA) is 97.1 Å². The summed E-state index contributed by atoms with van der Waals surface area (Å²) in [6, 6.07) is 11.5. The minimum Gasteiger partial charge on any atom is -0.393 e. The Morgan fingerprint density at radius 3 is 2.67 bits per heavy atom. The number of nitrogens with one attached hydrogen (secondary N) is 1. The molecule has 1 amide bonds. The van der Waals surface area contributed by atoms with Gasteiger partial charge in [0.25, 0.3) is 0 Å². The Labute approximate surface area is 139 Å². The molecule has 0 aliphatic heterocycles. The predicted octanol–water partition coefficient (Wildman–Crippen LogP) is 2.78. The molecule has 2 heterocycles. The Bertz CT molecular complexity index is 858. The van der Waals surface area contributed by atoms with Gasteiger partial charge in [-0.25, -0.2) is 14.8 Å². The summed E-state index contributed by atoms with van der Waals surface area (Å²) in [5, 5.41) is 0. The molecule has 1 aromatic carbocycles. The molecule has 7 heteroatoms. The number of nitrogens with zero attached hydrogens (tertiary/aromatic N) is 3. The number of H-pyrrole nitrogens is 1. The summed E-state index contributed by atoms with van der Waals surface area (Å²) in [5.74, 6) is 0.512. The number of carbonyl (C=O) groups excluding carboxylic acids is 1. The number of rotatable bonds is 3. The first kappa shape index (κ1) is 15.5. The SMILES string of the molecule is CN(C)C(=O)Oc1cc(-c2nc(N)ncc2-c2ccccc2)c[nH]1. The lowest BCUT2D eigenvalue weighted by molar-refractivity contribution is 0.170. The van der Waals surface area contributed by atoms with Gasteiger partial charge in [-0.1, -0.05) is 30.3 Å². The van der Waals surface area contributed by atoms with Crippen LogP contribution in [-0.2, 0) is 0 Å². The molecular formula is C17H17N5O2. The van der Waals surface area contributed by atoms with Gasteiger partial charge in [-0.05, 0) is 5.56 Å². The number of nitrogens with two attached hydrogens (primary N) is 1. The molecule has 0 fully saturated rings. The van der Waals surface area contributed by atoms with E-state index in [0.717, 1.165) is 16.7 Å². The summed E-state index contributed by atoms with van der Waals surface area (Å²) in [4.78, 5) is 24.3. The molecule has 0 radical (unpaired) electrons. The number of amides is 1. The van der Waals surface area contributed by atoms with E-state index < -0.39 is 6.09 Å². The van der Waals surface area contributed by atoms with Crippen molar-refractivity contribution in [2.45, 2.75) is 0 Å². The van der Waals surface area contributed by atoms with E-state index in [0.29, 0.717) is 11.6 Å². The summed E-state index contributed by atoms with van der Waals surface area (Å²) in [6.45, 7) is 0. The van der Waals surface area contributed by atoms with Crippen LogP contribution in [0.4, 0.5) is 10.7 Å². The van der Waals surface area contributed by atoms with Crippen LogP contribution in [0.1, 0.15) is 0 Å². The summed E-state index contributed by atoms with van der Waals surface area (Å²) < 4.78 is 5.21. The maximum Gasteiger partial charge on any atom is 0.415 e. The molecule has 7 nitrogen and oxygen atoms in total. The number of aromatic nitrogens is 3. The number of ether oxygens (including phenoxy) is 1. The van der Waals surface area contributed by atoms with Crippen molar-refractivity contribution in [3.05, 3.63) is 48.8 Å². The van der Waals surface area contributed by atoms with E-state index in [1.54, 1.807) is 32.6 Å². The Morgan fingerprint density at radius 2 is 1.96 bits per heavy atom. The van der Waals surface area contributed by atoms with E-state index in [4.69, 9.17) is 10.5 Å². The predicted molar refractivity (Wildman–Crippen MR) is 91.4 cm³/mol. The lowest BCUT2D eigenvalue weighted by Gasteiger charge is -2.09. The highest BCUT2D eigenvalue weighted by Gasteiger charge is 2.14. The third-order valence-electron chi connectivity index (χ3n) is 3.38. The second-order valence-corrected chi connectivity index (χ2v) is 5.37. The molecule has 0 saturated carbocycles. The number of hydrogen-bond acceptors (Lipinski definition) is 5. The molecular weight excluding hydrogens is 306 g/mol. The summed E-state index contributed by atoms with van der Waals surface area (Å²) in [6.07, 6.45) is 2.94. The molecule has 3 aromatic rings. The molecule has 0 unspecified atom stereocenters. The van der Waals surface area contributed by atoms with E-state index >= 15 is 0 Å². The van der Waals surface area contributed by atoms with Crippen LogP contribution < -0.4 is 10.5 Å². The van der Waals surface area contributed by atoms with Gasteiger partial charge in [-0.3, -0.25) is 0 Å². The summed E-state index contributed by atoms with van der Waals surface area (Å²) >= 11 is 0. The molecule has 24 heavy (non-hydrogen) atoms. The normalized spacial score (nSPS) is 10.4. The summed E-state index contributed by atoms with van der Waals surface area (Å²) in [7, 11) is 3.23. The van der Waals surface area contributed by atoms with Gasteiger partial charge < -0.3 is 20.4 Å². The first-order chi connectivity index (χ1) is 11.5. The van der Waals surface area contributed by atoms with Crippen molar-refractivity contribution in [2.75, 3.05) is 19.8 Å². The molecule has 0 spiro atoms. The second kappa shape index (κ2) is 6.41. The van der Waals surface area contributed by atoms with Crippen LogP contribution in [0.15, 0.2) is 48.8 Å². The van der Waals surface area contributed by atoms with Gasteiger partial charge in [0.1, 0.15) is 0 Å². The maximum atomic E-state index is 11.6. The Balaban J connectivity index is 1.99. The van der Waals surface area contributed by atoms with Crippen molar-refractivity contribution < 1.29 is 9.53 Å². The molecule has 0 aliphatic carbocycles. The van der Waals surface area contributed by atoms with Crippen molar-refractivity contribution >= 4 is 12.0 Å². The molecule has 0 atom stereocenters. The van der Waals surface area contributed by atoms with Crippen molar-refractivity contribution in [3.63, 3.8) is 0 Å². The zero-order valence-corrected chi connectivity index (χ0v) is 13.4. The Morgan fingerprint density at radius 1 is 1.21 bits per heavy atom. The largest absolute Gasteiger partial charge is 0.415 e. The number of nitrogen functional groups attached to an aromatic ring is 1. The highest BCUT2D eigenvalue weighted by molar-refractivity contribution is 5.81. The fourth-order valence-electron chi connectivity index (χ4n) is 2.20. The molecule has 122 valence electrons. The molecule has 0 saturated heterocycles. The van der Waals surface area contributed by atoms with Crippen LogP contribution >= 0.6 is 0 Å². The lowest BCUT2D eigenvalue weighted by atomic mass is 10.0. The van der Waals surface area contributed by atoms with E-state index in [1.165, 1.54) is 4.90 Å². The van der Waals surface area contributed by atoms with E-state index in [2.05, 4.69) is 15.0 Å². The molecule has 0 aliphatic rings. The zero-order chi connectivity index (χ0) is 17.1. The van der Waals surface area contributed by atoms with Gasteiger partial charge in [-0.2, -0.15) is 0 Å². The maximum absolute atomic E-state index is 11.6. The van der Waals surface area contributed by atoms with Crippen LogP contribution in [-0.4, -0.2) is 40.0 Å². The van der Waals surface area contributed by atoms with Crippen LogP contribution in [0.5, 0.6) is 5.88 Å². The van der Waals surface area contributed by atoms with E-state index in [9.17, 15) is 4.79 Å². The van der Waals surface area contributed by atoms with Gasteiger partial charge >= 0.3 is 6.09 Å². The lowest BCUT2D eigenvalue weighted by Crippen LogP contribution is -2.25. The second-order valence-electron chi connectivity index (χ2n) is 5.37. The number of carbonyl (C=O) groups is 1. The number of anilines is 1. The van der Waals surface area contributed by atoms with Crippen molar-refractivity contribution in [2.24, 2.45) is 0 Å². The number of aromatic amines is 1. The Kier molecular flexibility index (Phi) is 4.15. The fraction of sp³-hybridized carbons (Fsp3) is 0.118. The van der Waals surface area contributed by atoms with Gasteiger partial charge in [0.2, 0.25) is 11.8 Å². The van der Waals surface area contributed by atoms with Crippen molar-refractivity contribution in [1.82, 2.24) is 19.9 Å². The van der Waals surface area contributed by atoms with E-state index in [-0.39, 0.29) is 5.95 Å². The van der Waals surface area contributed by atoms with Gasteiger partial charge in [-0.15, -0.1) is 0 Å². The summed E-state index contributed by atoms with van der Waals surface area (Å²) in [5.41, 5.74) is 8.98. The van der Waals surface area contributed by atoms with Crippen molar-refractivity contribution in [1.29, 1.82) is 0 Å². The number of benzene rings is 1.